The number of ether oxygens (including phenoxy) is 1. The molecule has 0 saturated carbocycles. The molecule has 0 aliphatic rings. The molecule has 1 heterocycles. The summed E-state index contributed by atoms with van der Waals surface area (Å²) in [4.78, 5) is 12.1. The molecule has 0 bridgehead atoms. The van der Waals surface area contributed by atoms with Crippen LogP contribution in [0.1, 0.15) is 16.1 Å². The standard InChI is InChI=1S/C13H12FNO3S/c1-17-13(16)9-4-5-18-11(9)7-19-12-6-8(14)2-3-10(12)15/h2-6H,7,15H2,1H3. The van der Waals surface area contributed by atoms with Crippen molar-refractivity contribution in [2.45, 2.75) is 10.6 Å². The quantitative estimate of drug-likeness (QED) is 0.530. The fourth-order valence-electron chi connectivity index (χ4n) is 1.52. The van der Waals surface area contributed by atoms with Crippen LogP contribution in [0.15, 0.2) is 39.8 Å². The Morgan fingerprint density at radius 2 is 2.26 bits per heavy atom. The number of hydrogen-bond acceptors (Lipinski definition) is 5. The predicted molar refractivity (Wildman–Crippen MR) is 70.4 cm³/mol. The van der Waals surface area contributed by atoms with Crippen LogP contribution in [0, 0.1) is 5.82 Å². The molecule has 0 radical (unpaired) electrons. The first-order chi connectivity index (χ1) is 9.11. The Labute approximate surface area is 113 Å². The summed E-state index contributed by atoms with van der Waals surface area (Å²) in [5, 5.41) is 0. The van der Waals surface area contributed by atoms with Gasteiger partial charge in [0.05, 0.1) is 19.1 Å². The van der Waals surface area contributed by atoms with Crippen LogP contribution in [0.25, 0.3) is 0 Å². The van der Waals surface area contributed by atoms with E-state index in [1.165, 1.54) is 49.4 Å². The Morgan fingerprint density at radius 1 is 1.47 bits per heavy atom. The number of carbonyl (C=O) groups is 1. The molecule has 1 aromatic carbocycles. The molecule has 0 unspecified atom stereocenters. The van der Waals surface area contributed by atoms with Crippen molar-refractivity contribution in [3.63, 3.8) is 0 Å². The second kappa shape index (κ2) is 5.79. The van der Waals surface area contributed by atoms with Gasteiger partial charge in [-0.3, -0.25) is 0 Å². The van der Waals surface area contributed by atoms with Gasteiger partial charge in [-0.05, 0) is 24.3 Å². The van der Waals surface area contributed by atoms with Gasteiger partial charge < -0.3 is 14.9 Å². The number of esters is 1. The SMILES string of the molecule is COC(=O)c1ccoc1CSc1cc(F)ccc1N. The number of furan rings is 1. The van der Waals surface area contributed by atoms with Crippen LogP contribution in [-0.4, -0.2) is 13.1 Å². The van der Waals surface area contributed by atoms with Crippen molar-refractivity contribution in [1.29, 1.82) is 0 Å². The molecule has 0 aliphatic carbocycles. The maximum absolute atomic E-state index is 13.1. The molecular weight excluding hydrogens is 269 g/mol. The highest BCUT2D eigenvalue weighted by Gasteiger charge is 2.15. The number of hydrogen-bond donors (Lipinski definition) is 1. The first kappa shape index (κ1) is 13.5. The third-order valence-electron chi connectivity index (χ3n) is 2.49. The van der Waals surface area contributed by atoms with Crippen molar-refractivity contribution < 1.29 is 18.3 Å². The molecule has 19 heavy (non-hydrogen) atoms. The maximum Gasteiger partial charge on any atom is 0.341 e. The zero-order valence-corrected chi connectivity index (χ0v) is 11.0. The highest BCUT2D eigenvalue weighted by atomic mass is 32.2. The predicted octanol–water partition coefficient (Wildman–Crippen LogP) is 3.08. The van der Waals surface area contributed by atoms with Gasteiger partial charge in [-0.1, -0.05) is 0 Å². The first-order valence-corrected chi connectivity index (χ1v) is 6.43. The van der Waals surface area contributed by atoms with Crippen LogP contribution in [0.4, 0.5) is 10.1 Å². The third kappa shape index (κ3) is 3.08. The molecule has 6 heteroatoms. The lowest BCUT2D eigenvalue weighted by atomic mass is 10.3. The molecule has 0 saturated heterocycles. The highest BCUT2D eigenvalue weighted by Crippen LogP contribution is 2.30. The fourth-order valence-corrected chi connectivity index (χ4v) is 2.46. The molecule has 4 nitrogen and oxygen atoms in total. The second-order valence-corrected chi connectivity index (χ2v) is 4.74. The topological polar surface area (TPSA) is 65.5 Å². The molecule has 2 aromatic rings. The highest BCUT2D eigenvalue weighted by molar-refractivity contribution is 7.98. The van der Waals surface area contributed by atoms with Crippen molar-refractivity contribution in [2.24, 2.45) is 0 Å². The summed E-state index contributed by atoms with van der Waals surface area (Å²) in [6, 6.07) is 5.69. The Bertz CT molecular complexity index is 597. The Balaban J connectivity index is 2.13. The van der Waals surface area contributed by atoms with Crippen molar-refractivity contribution in [1.82, 2.24) is 0 Å². The van der Waals surface area contributed by atoms with Crippen LogP contribution in [0.5, 0.6) is 0 Å². The van der Waals surface area contributed by atoms with E-state index in [9.17, 15) is 9.18 Å². The molecular formula is C13H12FNO3S. The zero-order chi connectivity index (χ0) is 13.8. The first-order valence-electron chi connectivity index (χ1n) is 5.44. The molecule has 2 N–H and O–H groups in total. The number of methoxy groups -OCH3 is 1. The van der Waals surface area contributed by atoms with Gasteiger partial charge in [0.1, 0.15) is 17.1 Å². The lowest BCUT2D eigenvalue weighted by Crippen LogP contribution is -2.02. The summed E-state index contributed by atoms with van der Waals surface area (Å²) in [5.41, 5.74) is 6.59. The molecule has 0 amide bonds. The van der Waals surface area contributed by atoms with Gasteiger partial charge in [-0.15, -0.1) is 11.8 Å². The Kier molecular flexibility index (Phi) is 4.11. The lowest BCUT2D eigenvalue weighted by Gasteiger charge is -2.05. The number of anilines is 1. The summed E-state index contributed by atoms with van der Waals surface area (Å²) in [6.45, 7) is 0. The van der Waals surface area contributed by atoms with Gasteiger partial charge in [-0.25, -0.2) is 9.18 Å². The fraction of sp³-hybridized carbons (Fsp3) is 0.154. The van der Waals surface area contributed by atoms with E-state index < -0.39 is 5.97 Å². The van der Waals surface area contributed by atoms with E-state index in [2.05, 4.69) is 4.74 Å². The molecule has 0 spiro atoms. The van der Waals surface area contributed by atoms with Crippen LogP contribution in [0.3, 0.4) is 0 Å². The number of benzene rings is 1. The van der Waals surface area contributed by atoms with Gasteiger partial charge in [-0.2, -0.15) is 0 Å². The van der Waals surface area contributed by atoms with Crippen molar-refractivity contribution >= 4 is 23.4 Å². The summed E-state index contributed by atoms with van der Waals surface area (Å²) in [6.07, 6.45) is 1.41. The van der Waals surface area contributed by atoms with E-state index in [0.29, 0.717) is 27.7 Å². The minimum atomic E-state index is -0.462. The number of rotatable bonds is 4. The van der Waals surface area contributed by atoms with Gasteiger partial charge in [0.2, 0.25) is 0 Å². The van der Waals surface area contributed by atoms with Crippen molar-refractivity contribution in [3.8, 4) is 0 Å². The van der Waals surface area contributed by atoms with E-state index in [-0.39, 0.29) is 5.82 Å². The molecule has 0 atom stereocenters. The monoisotopic (exact) mass is 281 g/mol. The van der Waals surface area contributed by atoms with Crippen LogP contribution in [0.2, 0.25) is 0 Å². The van der Waals surface area contributed by atoms with Crippen molar-refractivity contribution in [3.05, 3.63) is 47.7 Å². The number of nitrogen functional groups attached to an aromatic ring is 1. The average molecular weight is 281 g/mol. The van der Waals surface area contributed by atoms with E-state index in [4.69, 9.17) is 10.2 Å². The maximum atomic E-state index is 13.1. The lowest BCUT2D eigenvalue weighted by molar-refractivity contribution is 0.0598. The van der Waals surface area contributed by atoms with Crippen LogP contribution in [-0.2, 0) is 10.5 Å². The number of thioether (sulfide) groups is 1. The smallest absolute Gasteiger partial charge is 0.341 e. The van der Waals surface area contributed by atoms with Gasteiger partial charge in [0, 0.05) is 10.6 Å². The van der Waals surface area contributed by atoms with Crippen LogP contribution >= 0.6 is 11.8 Å². The number of halogens is 1. The largest absolute Gasteiger partial charge is 0.468 e. The Hall–Kier alpha value is -1.95. The minimum Gasteiger partial charge on any atom is -0.468 e. The normalized spacial score (nSPS) is 10.4. The molecule has 100 valence electrons. The summed E-state index contributed by atoms with van der Waals surface area (Å²) in [5.74, 6) is 0.0202. The average Bonchev–Trinajstić information content (AvgIpc) is 2.87. The summed E-state index contributed by atoms with van der Waals surface area (Å²) in [7, 11) is 1.30. The minimum absolute atomic E-state index is 0.357. The van der Waals surface area contributed by atoms with E-state index in [1.807, 2.05) is 0 Å². The molecule has 1 aromatic heterocycles. The molecule has 0 fully saturated rings. The van der Waals surface area contributed by atoms with Gasteiger partial charge in [0.25, 0.3) is 0 Å². The van der Waals surface area contributed by atoms with Crippen molar-refractivity contribution in [2.75, 3.05) is 12.8 Å². The number of nitrogens with two attached hydrogens (primary N) is 1. The van der Waals surface area contributed by atoms with Crippen LogP contribution < -0.4 is 5.73 Å². The van der Waals surface area contributed by atoms with Gasteiger partial charge >= 0.3 is 5.97 Å². The third-order valence-corrected chi connectivity index (χ3v) is 3.56. The summed E-state index contributed by atoms with van der Waals surface area (Å²) < 4.78 is 23.0. The van der Waals surface area contributed by atoms with E-state index in [0.717, 1.165) is 0 Å². The summed E-state index contributed by atoms with van der Waals surface area (Å²) >= 11 is 1.29. The Morgan fingerprint density at radius 3 is 3.00 bits per heavy atom. The number of carbonyl (C=O) groups excluding carboxylic acids is 1. The zero-order valence-electron chi connectivity index (χ0n) is 10.2. The van der Waals surface area contributed by atoms with E-state index in [1.54, 1.807) is 0 Å². The second-order valence-electron chi connectivity index (χ2n) is 3.72. The molecule has 0 aliphatic heterocycles. The van der Waals surface area contributed by atoms with E-state index >= 15 is 0 Å². The molecule has 2 rings (SSSR count). The van der Waals surface area contributed by atoms with Gasteiger partial charge in [0.15, 0.2) is 0 Å².